The van der Waals surface area contributed by atoms with Gasteiger partial charge < -0.3 is 10.1 Å². The highest BCUT2D eigenvalue weighted by Gasteiger charge is 2.19. The van der Waals surface area contributed by atoms with Gasteiger partial charge in [0.2, 0.25) is 11.7 Å². The number of ketones is 1. The molecule has 2 aromatic carbocycles. The van der Waals surface area contributed by atoms with Crippen LogP contribution in [0.4, 0.5) is 0 Å². The van der Waals surface area contributed by atoms with Crippen molar-refractivity contribution in [3.63, 3.8) is 0 Å². The summed E-state index contributed by atoms with van der Waals surface area (Å²) in [6.45, 7) is 4.83. The maximum atomic E-state index is 12.3. The van der Waals surface area contributed by atoms with Crippen molar-refractivity contribution in [3.05, 3.63) is 70.8 Å². The monoisotopic (exact) mass is 353 g/mol. The standard InChI is InChI=1S/C21H23NO4/c1-14-9-10-15(2)18(11-14)20(24)13-26-21(25)12-19(22-16(3)23)17-7-5-4-6-8-17/h4-11,19H,12-13H2,1-3H3,(H,22,23)/t19-/m1/s1. The van der Waals surface area contributed by atoms with Crippen molar-refractivity contribution in [1.82, 2.24) is 5.32 Å². The highest BCUT2D eigenvalue weighted by molar-refractivity contribution is 5.99. The average molecular weight is 353 g/mol. The molecule has 0 aromatic heterocycles. The Kier molecular flexibility index (Phi) is 6.67. The number of rotatable bonds is 7. The van der Waals surface area contributed by atoms with Crippen LogP contribution < -0.4 is 5.32 Å². The Morgan fingerprint density at radius 1 is 1.04 bits per heavy atom. The summed E-state index contributed by atoms with van der Waals surface area (Å²) in [6.07, 6.45) is -0.0380. The van der Waals surface area contributed by atoms with E-state index in [0.717, 1.165) is 16.7 Å². The minimum Gasteiger partial charge on any atom is -0.457 e. The molecule has 0 aliphatic heterocycles. The van der Waals surface area contributed by atoms with Crippen LogP contribution in [0.2, 0.25) is 0 Å². The summed E-state index contributed by atoms with van der Waals surface area (Å²) in [5.74, 6) is -1.01. The first-order valence-corrected chi connectivity index (χ1v) is 8.45. The summed E-state index contributed by atoms with van der Waals surface area (Å²) in [4.78, 5) is 35.9. The van der Waals surface area contributed by atoms with Crippen molar-refractivity contribution in [2.75, 3.05) is 6.61 Å². The number of amides is 1. The molecule has 5 nitrogen and oxygen atoms in total. The maximum absolute atomic E-state index is 12.3. The Balaban J connectivity index is 1.98. The van der Waals surface area contributed by atoms with E-state index in [9.17, 15) is 14.4 Å². The third-order valence-electron chi connectivity index (χ3n) is 4.01. The van der Waals surface area contributed by atoms with Gasteiger partial charge >= 0.3 is 5.97 Å². The quantitative estimate of drug-likeness (QED) is 0.612. The second kappa shape index (κ2) is 8.94. The fraction of sp³-hybridized carbons (Fsp3) is 0.286. The molecular formula is C21H23NO4. The molecule has 0 heterocycles. The molecule has 0 saturated carbocycles. The van der Waals surface area contributed by atoms with Crippen LogP contribution in [-0.2, 0) is 14.3 Å². The molecule has 0 unspecified atom stereocenters. The number of carbonyl (C=O) groups is 3. The first kappa shape index (κ1) is 19.4. The average Bonchev–Trinajstić information content (AvgIpc) is 2.61. The third-order valence-corrected chi connectivity index (χ3v) is 4.01. The van der Waals surface area contributed by atoms with Gasteiger partial charge in [0.05, 0.1) is 12.5 Å². The van der Waals surface area contributed by atoms with Crippen molar-refractivity contribution in [3.8, 4) is 0 Å². The lowest BCUT2D eigenvalue weighted by Crippen LogP contribution is -2.29. The third kappa shape index (κ3) is 5.55. The predicted molar refractivity (Wildman–Crippen MR) is 98.8 cm³/mol. The summed E-state index contributed by atoms with van der Waals surface area (Å²) >= 11 is 0. The number of esters is 1. The van der Waals surface area contributed by atoms with E-state index in [-0.39, 0.29) is 24.7 Å². The molecule has 2 rings (SSSR count). The minimum atomic E-state index is -0.536. The van der Waals surface area contributed by atoms with E-state index < -0.39 is 12.0 Å². The molecule has 26 heavy (non-hydrogen) atoms. The van der Waals surface area contributed by atoms with Crippen molar-refractivity contribution in [1.29, 1.82) is 0 Å². The van der Waals surface area contributed by atoms with Crippen molar-refractivity contribution >= 4 is 17.7 Å². The molecule has 1 atom stereocenters. The first-order valence-electron chi connectivity index (χ1n) is 8.45. The van der Waals surface area contributed by atoms with Crippen LogP contribution in [0.5, 0.6) is 0 Å². The Morgan fingerprint density at radius 2 is 1.73 bits per heavy atom. The van der Waals surface area contributed by atoms with Gasteiger partial charge in [-0.25, -0.2) is 0 Å². The smallest absolute Gasteiger partial charge is 0.308 e. The number of ether oxygens (including phenoxy) is 1. The summed E-state index contributed by atoms with van der Waals surface area (Å²) in [6, 6.07) is 14.3. The summed E-state index contributed by atoms with van der Waals surface area (Å²) in [7, 11) is 0. The molecule has 0 radical (unpaired) electrons. The van der Waals surface area contributed by atoms with Gasteiger partial charge in [-0.2, -0.15) is 0 Å². The molecule has 0 aliphatic carbocycles. The van der Waals surface area contributed by atoms with Gasteiger partial charge in [0.1, 0.15) is 0 Å². The van der Waals surface area contributed by atoms with E-state index in [1.54, 1.807) is 6.07 Å². The molecular weight excluding hydrogens is 330 g/mol. The van der Waals surface area contributed by atoms with Crippen LogP contribution in [0.1, 0.15) is 46.4 Å². The lowest BCUT2D eigenvalue weighted by Gasteiger charge is -2.17. The molecule has 5 heteroatoms. The summed E-state index contributed by atoms with van der Waals surface area (Å²) in [5.41, 5.74) is 3.18. The van der Waals surface area contributed by atoms with Crippen LogP contribution in [-0.4, -0.2) is 24.3 Å². The predicted octanol–water partition coefficient (Wildman–Crippen LogP) is 3.30. The van der Waals surface area contributed by atoms with Gasteiger partial charge in [-0.15, -0.1) is 0 Å². The Morgan fingerprint density at radius 3 is 2.38 bits per heavy atom. The number of hydrogen-bond donors (Lipinski definition) is 1. The second-order valence-corrected chi connectivity index (χ2v) is 6.27. The largest absolute Gasteiger partial charge is 0.457 e. The number of Topliss-reactive ketones (excluding diaryl/α,β-unsaturated/α-hetero) is 1. The molecule has 0 spiro atoms. The van der Waals surface area contributed by atoms with Crippen LogP contribution in [0.15, 0.2) is 48.5 Å². The molecule has 1 N–H and O–H groups in total. The SMILES string of the molecule is CC(=O)N[C@H](CC(=O)OCC(=O)c1cc(C)ccc1C)c1ccccc1. The van der Waals surface area contributed by atoms with E-state index in [2.05, 4.69) is 5.32 Å². The number of nitrogens with one attached hydrogen (secondary N) is 1. The molecule has 0 saturated heterocycles. The van der Waals surface area contributed by atoms with Gasteiger partial charge in [0.25, 0.3) is 0 Å². The van der Waals surface area contributed by atoms with Gasteiger partial charge in [-0.3, -0.25) is 14.4 Å². The lowest BCUT2D eigenvalue weighted by molar-refractivity contribution is -0.143. The van der Waals surface area contributed by atoms with Gasteiger partial charge in [0.15, 0.2) is 6.61 Å². The fourth-order valence-corrected chi connectivity index (χ4v) is 2.67. The van der Waals surface area contributed by atoms with E-state index in [0.29, 0.717) is 5.56 Å². The van der Waals surface area contributed by atoms with E-state index in [1.165, 1.54) is 6.92 Å². The second-order valence-electron chi connectivity index (χ2n) is 6.27. The summed E-state index contributed by atoms with van der Waals surface area (Å²) in [5, 5.41) is 2.74. The van der Waals surface area contributed by atoms with Gasteiger partial charge in [-0.05, 0) is 31.0 Å². The van der Waals surface area contributed by atoms with Gasteiger partial charge in [-0.1, -0.05) is 48.0 Å². The summed E-state index contributed by atoms with van der Waals surface area (Å²) < 4.78 is 5.15. The zero-order chi connectivity index (χ0) is 19.1. The molecule has 0 fully saturated rings. The van der Waals surface area contributed by atoms with Crippen LogP contribution in [0.3, 0.4) is 0 Å². The van der Waals surface area contributed by atoms with E-state index in [4.69, 9.17) is 4.74 Å². The fourth-order valence-electron chi connectivity index (χ4n) is 2.67. The Bertz CT molecular complexity index is 799. The highest BCUT2D eigenvalue weighted by Crippen LogP contribution is 2.17. The zero-order valence-electron chi connectivity index (χ0n) is 15.2. The van der Waals surface area contributed by atoms with E-state index in [1.807, 2.05) is 56.3 Å². The number of benzene rings is 2. The van der Waals surface area contributed by atoms with Crippen molar-refractivity contribution < 1.29 is 19.1 Å². The first-order chi connectivity index (χ1) is 12.4. The van der Waals surface area contributed by atoms with Crippen LogP contribution in [0.25, 0.3) is 0 Å². The van der Waals surface area contributed by atoms with E-state index >= 15 is 0 Å². The normalized spacial score (nSPS) is 11.5. The Hall–Kier alpha value is -2.95. The number of aryl methyl sites for hydroxylation is 2. The zero-order valence-corrected chi connectivity index (χ0v) is 15.2. The molecule has 2 aromatic rings. The molecule has 0 aliphatic rings. The van der Waals surface area contributed by atoms with Crippen LogP contribution in [0, 0.1) is 13.8 Å². The molecule has 1 amide bonds. The molecule has 136 valence electrons. The number of carbonyl (C=O) groups excluding carboxylic acids is 3. The number of hydrogen-bond acceptors (Lipinski definition) is 4. The molecule has 0 bridgehead atoms. The van der Waals surface area contributed by atoms with Crippen molar-refractivity contribution in [2.45, 2.75) is 33.2 Å². The minimum absolute atomic E-state index is 0.0380. The topological polar surface area (TPSA) is 72.5 Å². The Labute approximate surface area is 153 Å². The highest BCUT2D eigenvalue weighted by atomic mass is 16.5. The van der Waals surface area contributed by atoms with Crippen molar-refractivity contribution in [2.24, 2.45) is 0 Å². The lowest BCUT2D eigenvalue weighted by atomic mass is 10.0. The van der Waals surface area contributed by atoms with Crippen LogP contribution >= 0.6 is 0 Å². The van der Waals surface area contributed by atoms with Gasteiger partial charge in [0, 0.05) is 12.5 Å². The maximum Gasteiger partial charge on any atom is 0.308 e.